The number of nitrogens with two attached hydrogens (primary N) is 1. The van der Waals surface area contributed by atoms with Crippen molar-refractivity contribution in [3.8, 4) is 0 Å². The summed E-state index contributed by atoms with van der Waals surface area (Å²) >= 11 is 11.6. The highest BCUT2D eigenvalue weighted by atomic mass is 35.5. The van der Waals surface area contributed by atoms with Crippen LogP contribution in [-0.4, -0.2) is 71.8 Å². The number of hydrogen-bond donors (Lipinski definition) is 3. The van der Waals surface area contributed by atoms with E-state index >= 15 is 0 Å². The average molecular weight is 577 g/mol. The van der Waals surface area contributed by atoms with Crippen molar-refractivity contribution in [3.05, 3.63) is 58.6 Å². The molecule has 3 rings (SSSR count). The zero-order valence-corrected chi connectivity index (χ0v) is 22.3. The standard InChI is InChI=1S/C21H25ClN4O7S3/c1-14(11-17(27)15-5-3-2-4-6-15)20(34)25(13-19(28)29)9-10-26-24-16-12-21(22,36(23,32)33)8-7-18(16)35(26,30)31/h2-8,14,24H,9-13H2,1H3,(H,28,29)(H2,23,32,33). The normalized spacial score (nSPS) is 22.0. The minimum atomic E-state index is -4.24. The molecular weight excluding hydrogens is 552 g/mol. The molecule has 1 heterocycles. The lowest BCUT2D eigenvalue weighted by Gasteiger charge is -2.29. The summed E-state index contributed by atoms with van der Waals surface area (Å²) in [5.74, 6) is -1.83. The van der Waals surface area contributed by atoms with E-state index in [0.717, 1.165) is 16.6 Å². The van der Waals surface area contributed by atoms with Crippen molar-refractivity contribution < 1.29 is 31.5 Å². The van der Waals surface area contributed by atoms with Gasteiger partial charge < -0.3 is 15.4 Å². The van der Waals surface area contributed by atoms with Crippen LogP contribution in [0.1, 0.15) is 30.1 Å². The summed E-state index contributed by atoms with van der Waals surface area (Å²) in [5, 5.41) is 14.5. The van der Waals surface area contributed by atoms with E-state index in [-0.39, 0.29) is 40.9 Å². The number of halogens is 1. The van der Waals surface area contributed by atoms with E-state index < -0.39 is 49.1 Å². The van der Waals surface area contributed by atoms with Crippen LogP contribution in [0.2, 0.25) is 0 Å². The predicted octanol–water partition coefficient (Wildman–Crippen LogP) is 1.15. The number of Topliss-reactive ketones (excluding diaryl/α,β-unsaturated/α-hetero) is 1. The van der Waals surface area contributed by atoms with Crippen molar-refractivity contribution in [1.82, 2.24) is 14.7 Å². The number of primary sulfonamides is 1. The van der Waals surface area contributed by atoms with Crippen LogP contribution in [0.4, 0.5) is 0 Å². The van der Waals surface area contributed by atoms with Crippen LogP contribution in [0.25, 0.3) is 0 Å². The molecule has 1 aliphatic heterocycles. The van der Waals surface area contributed by atoms with Gasteiger partial charge in [-0.3, -0.25) is 9.59 Å². The maximum atomic E-state index is 12.9. The fraction of sp³-hybridized carbons (Fsp3) is 0.381. The highest BCUT2D eigenvalue weighted by molar-refractivity contribution is 7.93. The number of allylic oxidation sites excluding steroid dienone is 2. The molecule has 15 heteroatoms. The number of carboxylic acids is 1. The molecule has 0 radical (unpaired) electrons. The Kier molecular flexibility index (Phi) is 8.27. The number of rotatable bonds is 10. The number of hydrazine groups is 1. The SMILES string of the molecule is CC(CC(=O)c1ccccc1)C(=S)N(CCN1NC2=C(C=CC(Cl)(S(N)(=O)=O)C2)S1(=O)=O)CC(=O)O. The smallest absolute Gasteiger partial charge is 0.323 e. The number of carbonyl (C=O) groups is 2. The number of sulfonamides is 2. The molecule has 0 aromatic heterocycles. The van der Waals surface area contributed by atoms with Gasteiger partial charge in [0, 0.05) is 30.9 Å². The van der Waals surface area contributed by atoms with Crippen LogP contribution in [0.15, 0.2) is 53.1 Å². The maximum Gasteiger partial charge on any atom is 0.323 e. The molecule has 1 aromatic carbocycles. The second-order valence-electron chi connectivity index (χ2n) is 8.42. The van der Waals surface area contributed by atoms with Crippen LogP contribution < -0.4 is 10.6 Å². The van der Waals surface area contributed by atoms with Crippen LogP contribution in [0, 0.1) is 5.92 Å². The second-order valence-corrected chi connectivity index (χ2v) is 13.4. The van der Waals surface area contributed by atoms with Crippen molar-refractivity contribution in [2.75, 3.05) is 19.6 Å². The fourth-order valence-corrected chi connectivity index (χ4v) is 6.28. The minimum Gasteiger partial charge on any atom is -0.480 e. The molecule has 0 amide bonds. The Labute approximate surface area is 219 Å². The Bertz CT molecular complexity index is 1350. The Morgan fingerprint density at radius 2 is 1.97 bits per heavy atom. The number of thiocarbonyl (C=S) groups is 1. The van der Waals surface area contributed by atoms with Crippen LogP contribution in [-0.2, 0) is 24.8 Å². The lowest BCUT2D eigenvalue weighted by Crippen LogP contribution is -2.46. The molecule has 2 unspecified atom stereocenters. The van der Waals surface area contributed by atoms with Gasteiger partial charge >= 0.3 is 5.97 Å². The Hall–Kier alpha value is -2.36. The van der Waals surface area contributed by atoms with Gasteiger partial charge in [-0.15, -0.1) is 4.41 Å². The third-order valence-corrected chi connectivity index (χ3v) is 10.3. The van der Waals surface area contributed by atoms with Crippen molar-refractivity contribution in [2.45, 2.75) is 24.0 Å². The average Bonchev–Trinajstić information content (AvgIpc) is 3.04. The molecule has 0 spiro atoms. The molecule has 196 valence electrons. The first-order chi connectivity index (χ1) is 16.7. The fourth-order valence-electron chi connectivity index (χ4n) is 3.79. The van der Waals surface area contributed by atoms with Gasteiger partial charge in [0.05, 0.1) is 17.2 Å². The Morgan fingerprint density at radius 3 is 2.56 bits per heavy atom. The zero-order chi connectivity index (χ0) is 26.9. The van der Waals surface area contributed by atoms with Gasteiger partial charge in [-0.2, -0.15) is 0 Å². The Balaban J connectivity index is 1.70. The molecule has 1 aliphatic carbocycles. The molecule has 1 aromatic rings. The summed E-state index contributed by atoms with van der Waals surface area (Å²) in [6, 6.07) is 8.59. The number of nitrogens with zero attached hydrogens (tertiary/aromatic N) is 2. The van der Waals surface area contributed by atoms with E-state index in [1.165, 1.54) is 4.90 Å². The number of alkyl halides is 1. The number of ketones is 1. The van der Waals surface area contributed by atoms with E-state index in [2.05, 4.69) is 5.43 Å². The van der Waals surface area contributed by atoms with Gasteiger partial charge in [-0.05, 0) is 12.2 Å². The number of carboxylic acid groups (broad SMARTS) is 1. The summed E-state index contributed by atoms with van der Waals surface area (Å²) in [5.41, 5.74) is 3.19. The van der Waals surface area contributed by atoms with E-state index in [0.29, 0.717) is 5.56 Å². The van der Waals surface area contributed by atoms with Crippen LogP contribution in [0.5, 0.6) is 0 Å². The van der Waals surface area contributed by atoms with E-state index in [1.54, 1.807) is 37.3 Å². The molecule has 4 N–H and O–H groups in total. The number of nitrogens with one attached hydrogen (secondary N) is 1. The number of benzene rings is 1. The number of aliphatic carboxylic acids is 1. The summed E-state index contributed by atoms with van der Waals surface area (Å²) in [6.45, 7) is 0.869. The molecule has 2 atom stereocenters. The van der Waals surface area contributed by atoms with E-state index in [4.69, 9.17) is 29.0 Å². The molecular formula is C21H25ClN4O7S3. The van der Waals surface area contributed by atoms with Crippen molar-refractivity contribution >= 4 is 60.6 Å². The van der Waals surface area contributed by atoms with Gasteiger partial charge in [0.2, 0.25) is 10.0 Å². The molecule has 11 nitrogen and oxygen atoms in total. The summed E-state index contributed by atoms with van der Waals surface area (Å²) in [6.07, 6.45) is 1.74. The highest BCUT2D eigenvalue weighted by Crippen LogP contribution is 2.39. The highest BCUT2D eigenvalue weighted by Gasteiger charge is 2.47. The van der Waals surface area contributed by atoms with E-state index in [1.807, 2.05) is 0 Å². The third kappa shape index (κ3) is 5.95. The van der Waals surface area contributed by atoms with Crippen molar-refractivity contribution in [3.63, 3.8) is 0 Å². The lowest BCUT2D eigenvalue weighted by molar-refractivity contribution is -0.137. The van der Waals surface area contributed by atoms with E-state index in [9.17, 15) is 31.5 Å². The second kappa shape index (κ2) is 10.6. The largest absolute Gasteiger partial charge is 0.480 e. The number of carbonyl (C=O) groups excluding carboxylic acids is 1. The van der Waals surface area contributed by atoms with Gasteiger partial charge in [-0.25, -0.2) is 22.0 Å². The van der Waals surface area contributed by atoms with Crippen LogP contribution in [0.3, 0.4) is 0 Å². The molecule has 36 heavy (non-hydrogen) atoms. The predicted molar refractivity (Wildman–Crippen MR) is 138 cm³/mol. The minimum absolute atomic E-state index is 0.0469. The molecule has 0 saturated heterocycles. The maximum absolute atomic E-state index is 12.9. The molecule has 0 bridgehead atoms. The van der Waals surface area contributed by atoms with Gasteiger partial charge in [0.25, 0.3) is 10.0 Å². The zero-order valence-electron chi connectivity index (χ0n) is 19.1. The number of hydrogen-bond acceptors (Lipinski definition) is 8. The topological polar surface area (TPSA) is 167 Å². The van der Waals surface area contributed by atoms with Gasteiger partial charge in [0.15, 0.2) is 9.99 Å². The van der Waals surface area contributed by atoms with Crippen molar-refractivity contribution in [1.29, 1.82) is 0 Å². The monoisotopic (exact) mass is 576 g/mol. The summed E-state index contributed by atoms with van der Waals surface area (Å²) in [4.78, 5) is 25.4. The first kappa shape index (κ1) is 28.2. The molecule has 2 aliphatic rings. The van der Waals surface area contributed by atoms with Gasteiger partial charge in [0.1, 0.15) is 11.4 Å². The quantitative estimate of drug-likeness (QED) is 0.209. The third-order valence-electron chi connectivity index (χ3n) is 5.72. The van der Waals surface area contributed by atoms with Gasteiger partial charge in [-0.1, -0.05) is 61.1 Å². The molecule has 0 saturated carbocycles. The van der Waals surface area contributed by atoms with Crippen molar-refractivity contribution in [2.24, 2.45) is 11.1 Å². The summed E-state index contributed by atoms with van der Waals surface area (Å²) in [7, 11) is -8.30. The molecule has 0 fully saturated rings. The Morgan fingerprint density at radius 1 is 1.33 bits per heavy atom. The van der Waals surface area contributed by atoms with Crippen LogP contribution >= 0.6 is 23.8 Å². The lowest BCUT2D eigenvalue weighted by atomic mass is 9.99. The summed E-state index contributed by atoms with van der Waals surface area (Å²) < 4.78 is 48.4. The first-order valence-electron chi connectivity index (χ1n) is 10.7. The first-order valence-corrected chi connectivity index (χ1v) is 14.4.